The fourth-order valence-electron chi connectivity index (χ4n) is 3.53. The van der Waals surface area contributed by atoms with Crippen LogP contribution in [0.5, 0.6) is 0 Å². The molecule has 1 saturated heterocycles. The van der Waals surface area contributed by atoms with E-state index in [9.17, 15) is 9.90 Å². The first-order valence-electron chi connectivity index (χ1n) is 9.29. The van der Waals surface area contributed by atoms with Crippen molar-refractivity contribution in [2.24, 2.45) is 0 Å². The highest BCUT2D eigenvalue weighted by atomic mass is 16.3. The Morgan fingerprint density at radius 2 is 2.07 bits per heavy atom. The van der Waals surface area contributed by atoms with Crippen LogP contribution >= 0.6 is 0 Å². The van der Waals surface area contributed by atoms with Gasteiger partial charge in [0.25, 0.3) is 5.91 Å². The number of carbonyl (C=O) groups is 1. The van der Waals surface area contributed by atoms with Crippen molar-refractivity contribution in [1.82, 2.24) is 19.9 Å². The van der Waals surface area contributed by atoms with Crippen molar-refractivity contribution in [2.75, 3.05) is 19.3 Å². The van der Waals surface area contributed by atoms with E-state index in [0.29, 0.717) is 35.7 Å². The normalized spacial score (nSPS) is 18.8. The lowest BCUT2D eigenvalue weighted by Gasteiger charge is -2.13. The summed E-state index contributed by atoms with van der Waals surface area (Å²) in [6.45, 7) is 4.36. The number of hydrogen-bond acceptors (Lipinski definition) is 6. The van der Waals surface area contributed by atoms with Crippen molar-refractivity contribution in [2.45, 2.75) is 25.9 Å². The molecular weight excluding hydrogens is 366 g/mol. The van der Waals surface area contributed by atoms with Crippen molar-refractivity contribution >= 4 is 22.6 Å². The van der Waals surface area contributed by atoms with Gasteiger partial charge < -0.3 is 15.7 Å². The van der Waals surface area contributed by atoms with Crippen LogP contribution in [0.3, 0.4) is 0 Å². The highest BCUT2D eigenvalue weighted by molar-refractivity contribution is 5.92. The highest BCUT2D eigenvalue weighted by Crippen LogP contribution is 2.27. The summed E-state index contributed by atoms with van der Waals surface area (Å²) >= 11 is 0. The molecule has 0 aliphatic carbocycles. The number of pyridine rings is 1. The summed E-state index contributed by atoms with van der Waals surface area (Å²) in [6, 6.07) is 7.37. The second-order valence-corrected chi connectivity index (χ2v) is 7.35. The van der Waals surface area contributed by atoms with E-state index in [0.717, 1.165) is 22.2 Å². The number of likely N-dealkylation sites (tertiary alicyclic amines) is 1. The molecular formula is C22H21N5O2. The van der Waals surface area contributed by atoms with Gasteiger partial charge in [0.15, 0.2) is 5.82 Å². The second kappa shape index (κ2) is 6.83. The smallest absolute Gasteiger partial charge is 0.267 e. The van der Waals surface area contributed by atoms with Crippen LogP contribution in [0.2, 0.25) is 0 Å². The molecule has 1 atom stereocenters. The zero-order valence-corrected chi connectivity index (χ0v) is 16.5. The third kappa shape index (κ3) is 3.28. The SMILES string of the molecule is Cc1cnc(N)c2nc(-c3cccc(C#C[C@]4(O)CCN(C)C4=O)c3)nc(C)c12. The monoisotopic (exact) mass is 387 g/mol. The average molecular weight is 387 g/mol. The summed E-state index contributed by atoms with van der Waals surface area (Å²) < 4.78 is 0. The lowest BCUT2D eigenvalue weighted by molar-refractivity contribution is -0.137. The van der Waals surface area contributed by atoms with Crippen molar-refractivity contribution in [3.05, 3.63) is 47.3 Å². The van der Waals surface area contributed by atoms with Gasteiger partial charge in [-0.1, -0.05) is 24.0 Å². The van der Waals surface area contributed by atoms with Crippen LogP contribution in [0.15, 0.2) is 30.5 Å². The minimum absolute atomic E-state index is 0.299. The van der Waals surface area contributed by atoms with E-state index in [1.165, 1.54) is 4.90 Å². The number of aryl methyl sites for hydroxylation is 2. The molecule has 0 spiro atoms. The van der Waals surface area contributed by atoms with Gasteiger partial charge in [-0.2, -0.15) is 0 Å². The van der Waals surface area contributed by atoms with E-state index < -0.39 is 5.60 Å². The van der Waals surface area contributed by atoms with Crippen molar-refractivity contribution < 1.29 is 9.90 Å². The summed E-state index contributed by atoms with van der Waals surface area (Å²) in [6.07, 6.45) is 2.02. The number of nitrogen functional groups attached to an aromatic ring is 1. The van der Waals surface area contributed by atoms with Crippen LogP contribution in [-0.4, -0.2) is 50.1 Å². The fourth-order valence-corrected chi connectivity index (χ4v) is 3.53. The molecule has 2 aromatic heterocycles. The molecule has 0 saturated carbocycles. The van der Waals surface area contributed by atoms with E-state index in [1.54, 1.807) is 13.2 Å². The molecule has 7 nitrogen and oxygen atoms in total. The van der Waals surface area contributed by atoms with Gasteiger partial charge in [0.1, 0.15) is 11.3 Å². The van der Waals surface area contributed by atoms with Crippen LogP contribution in [0.4, 0.5) is 5.82 Å². The number of amides is 1. The van der Waals surface area contributed by atoms with Gasteiger partial charge in [0, 0.05) is 48.4 Å². The minimum atomic E-state index is -1.63. The molecule has 1 amide bonds. The van der Waals surface area contributed by atoms with Crippen molar-refractivity contribution in [3.8, 4) is 23.2 Å². The van der Waals surface area contributed by atoms with E-state index in [2.05, 4.69) is 26.8 Å². The predicted octanol–water partition coefficient (Wildman–Crippen LogP) is 1.84. The summed E-state index contributed by atoms with van der Waals surface area (Å²) in [7, 11) is 1.66. The molecule has 1 aromatic carbocycles. The average Bonchev–Trinajstić information content (AvgIpc) is 2.97. The van der Waals surface area contributed by atoms with Gasteiger partial charge in [-0.25, -0.2) is 15.0 Å². The molecule has 7 heteroatoms. The van der Waals surface area contributed by atoms with Crippen molar-refractivity contribution in [3.63, 3.8) is 0 Å². The van der Waals surface area contributed by atoms with Crippen LogP contribution in [-0.2, 0) is 4.79 Å². The molecule has 146 valence electrons. The Balaban J connectivity index is 1.75. The van der Waals surface area contributed by atoms with Gasteiger partial charge >= 0.3 is 0 Å². The standard InChI is InChI=1S/C22H21N5O2/c1-13-12-24-19(23)18-17(13)14(2)25-20(26-18)16-6-4-5-15(11-16)7-8-22(29)9-10-27(3)21(22)28/h4-6,11-12,29H,9-10H2,1-3H3,(H2,23,24)/t22-/m0/s1. The quantitative estimate of drug-likeness (QED) is 0.617. The maximum Gasteiger partial charge on any atom is 0.267 e. The van der Waals surface area contributed by atoms with Gasteiger partial charge in [-0.05, 0) is 31.5 Å². The van der Waals surface area contributed by atoms with Gasteiger partial charge in [0.2, 0.25) is 5.60 Å². The Bertz CT molecular complexity index is 1210. The number of rotatable bonds is 1. The number of nitrogens with zero attached hydrogens (tertiary/aromatic N) is 4. The summed E-state index contributed by atoms with van der Waals surface area (Å²) in [5.74, 6) is 6.17. The first kappa shape index (κ1) is 18.8. The number of benzene rings is 1. The number of fused-ring (bicyclic) bond motifs is 1. The number of hydrogen-bond donors (Lipinski definition) is 2. The number of nitrogens with two attached hydrogens (primary N) is 1. The lowest BCUT2D eigenvalue weighted by Crippen LogP contribution is -2.37. The maximum absolute atomic E-state index is 12.1. The molecule has 3 N–H and O–H groups in total. The number of aliphatic hydroxyl groups is 1. The Hall–Kier alpha value is -3.50. The van der Waals surface area contributed by atoms with E-state index in [-0.39, 0.29) is 5.91 Å². The predicted molar refractivity (Wildman–Crippen MR) is 111 cm³/mol. The molecule has 29 heavy (non-hydrogen) atoms. The molecule has 0 radical (unpaired) electrons. The molecule has 3 heterocycles. The van der Waals surface area contributed by atoms with Crippen molar-refractivity contribution in [1.29, 1.82) is 0 Å². The minimum Gasteiger partial charge on any atom is -0.382 e. The second-order valence-electron chi connectivity index (χ2n) is 7.35. The summed E-state index contributed by atoms with van der Waals surface area (Å²) in [5.41, 5.74) is 8.26. The molecule has 1 fully saturated rings. The van der Waals surface area contributed by atoms with Gasteiger partial charge in [0.05, 0.1) is 0 Å². The van der Waals surface area contributed by atoms with Crippen LogP contribution < -0.4 is 5.73 Å². The zero-order chi connectivity index (χ0) is 20.8. The number of aromatic nitrogens is 3. The van der Waals surface area contributed by atoms with E-state index in [4.69, 9.17) is 5.73 Å². The largest absolute Gasteiger partial charge is 0.382 e. The topological polar surface area (TPSA) is 105 Å². The van der Waals surface area contributed by atoms with E-state index in [1.807, 2.05) is 38.1 Å². The Labute approximate surface area is 168 Å². The highest BCUT2D eigenvalue weighted by Gasteiger charge is 2.42. The molecule has 4 rings (SSSR count). The summed E-state index contributed by atoms with van der Waals surface area (Å²) in [5, 5.41) is 11.4. The lowest BCUT2D eigenvalue weighted by atomic mass is 10.0. The number of likely N-dealkylation sites (N-methyl/N-ethyl adjacent to an activating group) is 1. The Morgan fingerprint density at radius 3 is 2.79 bits per heavy atom. The van der Waals surface area contributed by atoms with Gasteiger partial charge in [-0.15, -0.1) is 0 Å². The first-order valence-corrected chi connectivity index (χ1v) is 9.29. The van der Waals surface area contributed by atoms with Crippen LogP contribution in [0, 0.1) is 25.7 Å². The van der Waals surface area contributed by atoms with E-state index >= 15 is 0 Å². The molecule has 3 aromatic rings. The Kier molecular flexibility index (Phi) is 4.44. The zero-order valence-electron chi connectivity index (χ0n) is 16.5. The number of anilines is 1. The number of carbonyl (C=O) groups excluding carboxylic acids is 1. The third-order valence-corrected chi connectivity index (χ3v) is 5.17. The van der Waals surface area contributed by atoms with Gasteiger partial charge in [-0.3, -0.25) is 4.79 Å². The van der Waals surface area contributed by atoms with Crippen LogP contribution in [0.25, 0.3) is 22.3 Å². The van der Waals surface area contributed by atoms with Crippen LogP contribution in [0.1, 0.15) is 23.2 Å². The third-order valence-electron chi connectivity index (χ3n) is 5.17. The molecule has 1 aliphatic heterocycles. The molecule has 1 aliphatic rings. The molecule has 0 bridgehead atoms. The fraction of sp³-hybridized carbons (Fsp3) is 0.273. The summed E-state index contributed by atoms with van der Waals surface area (Å²) in [4.78, 5) is 27.0. The Morgan fingerprint density at radius 1 is 1.28 bits per heavy atom. The molecule has 0 unspecified atom stereocenters. The maximum atomic E-state index is 12.1. The first-order chi connectivity index (χ1) is 13.8.